The maximum Gasteiger partial charge on any atom is 0.229 e. The highest BCUT2D eigenvalue weighted by Crippen LogP contribution is 2.36. The van der Waals surface area contributed by atoms with Crippen LogP contribution in [-0.4, -0.2) is 40.3 Å². The molecule has 5 nitrogen and oxygen atoms in total. The van der Waals surface area contributed by atoms with Crippen LogP contribution in [0.25, 0.3) is 0 Å². The van der Waals surface area contributed by atoms with Gasteiger partial charge in [-0.2, -0.15) is 11.3 Å². The molecule has 6 heteroatoms. The summed E-state index contributed by atoms with van der Waals surface area (Å²) in [4.78, 5) is 33.0. The van der Waals surface area contributed by atoms with Crippen LogP contribution < -0.4 is 4.90 Å². The summed E-state index contributed by atoms with van der Waals surface area (Å²) < 4.78 is 0. The van der Waals surface area contributed by atoms with Crippen LogP contribution in [-0.2, 0) is 16.0 Å². The summed E-state index contributed by atoms with van der Waals surface area (Å²) in [5, 5.41) is 3.98. The van der Waals surface area contributed by atoms with Crippen LogP contribution in [0, 0.1) is 0 Å². The first-order valence-electron chi connectivity index (χ1n) is 7.77. The van der Waals surface area contributed by atoms with Crippen molar-refractivity contribution in [3.63, 3.8) is 0 Å². The van der Waals surface area contributed by atoms with E-state index < -0.39 is 0 Å². The van der Waals surface area contributed by atoms with Gasteiger partial charge in [0.15, 0.2) is 0 Å². The molecule has 0 spiro atoms. The van der Waals surface area contributed by atoms with Crippen LogP contribution in [0.2, 0.25) is 0 Å². The van der Waals surface area contributed by atoms with Crippen LogP contribution in [0.15, 0.2) is 41.2 Å². The smallest absolute Gasteiger partial charge is 0.229 e. The standard InChI is InChI=1S/C17H17N3O2S/c21-16(9-12-3-1-2-6-18-12)19-7-4-14-15(19)10-17(22)20(14)13-5-8-23-11-13/h1-3,5-6,8,11,14-15H,4,7,9-10H2/t14-,15+/m0/s1. The molecule has 2 atom stereocenters. The van der Waals surface area contributed by atoms with Gasteiger partial charge in [-0.25, -0.2) is 0 Å². The number of rotatable bonds is 3. The lowest BCUT2D eigenvalue weighted by atomic mass is 10.1. The van der Waals surface area contributed by atoms with E-state index in [1.807, 2.05) is 44.8 Å². The van der Waals surface area contributed by atoms with Crippen molar-refractivity contribution in [3.05, 3.63) is 46.9 Å². The fourth-order valence-corrected chi connectivity index (χ4v) is 4.27. The van der Waals surface area contributed by atoms with Gasteiger partial charge in [-0.15, -0.1) is 0 Å². The summed E-state index contributed by atoms with van der Waals surface area (Å²) in [6.45, 7) is 0.717. The number of amides is 2. The average Bonchev–Trinajstić information content (AvgIpc) is 3.24. The van der Waals surface area contributed by atoms with E-state index in [1.165, 1.54) is 0 Å². The Bertz CT molecular complexity index is 717. The first-order chi connectivity index (χ1) is 11.2. The minimum Gasteiger partial charge on any atom is -0.337 e. The molecular formula is C17H17N3O2S. The Balaban J connectivity index is 1.51. The molecule has 0 unspecified atom stereocenters. The van der Waals surface area contributed by atoms with Gasteiger partial charge in [-0.1, -0.05) is 6.07 Å². The molecule has 0 aliphatic carbocycles. The van der Waals surface area contributed by atoms with Crippen LogP contribution >= 0.6 is 11.3 Å². The van der Waals surface area contributed by atoms with Gasteiger partial charge in [0.25, 0.3) is 0 Å². The molecule has 2 aliphatic rings. The third-order valence-electron chi connectivity index (χ3n) is 4.66. The maximum atomic E-state index is 12.6. The van der Waals surface area contributed by atoms with Crippen molar-refractivity contribution >= 4 is 28.8 Å². The Morgan fingerprint density at radius 3 is 2.96 bits per heavy atom. The molecule has 23 heavy (non-hydrogen) atoms. The van der Waals surface area contributed by atoms with Gasteiger partial charge in [0.1, 0.15) is 0 Å². The molecule has 2 aliphatic heterocycles. The number of hydrogen-bond acceptors (Lipinski definition) is 4. The third-order valence-corrected chi connectivity index (χ3v) is 5.33. The second-order valence-corrected chi connectivity index (χ2v) is 6.74. The molecule has 4 heterocycles. The SMILES string of the molecule is O=C(Cc1ccccn1)N1CC[C@H]2[C@H]1CC(=O)N2c1ccsc1. The van der Waals surface area contributed by atoms with Crippen LogP contribution in [0.3, 0.4) is 0 Å². The van der Waals surface area contributed by atoms with Crippen molar-refractivity contribution in [1.82, 2.24) is 9.88 Å². The Kier molecular flexibility index (Phi) is 3.61. The van der Waals surface area contributed by atoms with Crippen molar-refractivity contribution in [1.29, 1.82) is 0 Å². The van der Waals surface area contributed by atoms with E-state index in [9.17, 15) is 9.59 Å². The molecule has 0 saturated carbocycles. The highest BCUT2D eigenvalue weighted by molar-refractivity contribution is 7.08. The van der Waals surface area contributed by atoms with Crippen molar-refractivity contribution < 1.29 is 9.59 Å². The molecule has 0 bridgehead atoms. The second-order valence-electron chi connectivity index (χ2n) is 5.96. The number of anilines is 1. The molecule has 0 radical (unpaired) electrons. The van der Waals surface area contributed by atoms with Crippen LogP contribution in [0.4, 0.5) is 5.69 Å². The van der Waals surface area contributed by atoms with Crippen LogP contribution in [0.5, 0.6) is 0 Å². The topological polar surface area (TPSA) is 53.5 Å². The quantitative estimate of drug-likeness (QED) is 0.867. The normalized spacial score (nSPS) is 23.4. The number of hydrogen-bond donors (Lipinski definition) is 0. The summed E-state index contributed by atoms with van der Waals surface area (Å²) in [7, 11) is 0. The lowest BCUT2D eigenvalue weighted by Gasteiger charge is -2.24. The minimum absolute atomic E-state index is 0.00128. The molecule has 118 valence electrons. The van der Waals surface area contributed by atoms with Gasteiger partial charge in [0.2, 0.25) is 11.8 Å². The molecule has 2 saturated heterocycles. The second kappa shape index (κ2) is 5.77. The van der Waals surface area contributed by atoms with Crippen LogP contribution in [0.1, 0.15) is 18.5 Å². The summed E-state index contributed by atoms with van der Waals surface area (Å²) >= 11 is 1.59. The van der Waals surface area contributed by atoms with E-state index in [1.54, 1.807) is 17.5 Å². The summed E-state index contributed by atoms with van der Waals surface area (Å²) in [5.74, 6) is 0.185. The summed E-state index contributed by atoms with van der Waals surface area (Å²) in [6, 6.07) is 7.68. The number of carbonyl (C=O) groups is 2. The number of likely N-dealkylation sites (tertiary alicyclic amines) is 1. The Hall–Kier alpha value is -2.21. The lowest BCUT2D eigenvalue weighted by molar-refractivity contribution is -0.131. The number of fused-ring (bicyclic) bond motifs is 1. The predicted molar refractivity (Wildman–Crippen MR) is 88.3 cm³/mol. The maximum absolute atomic E-state index is 12.6. The van der Waals surface area contributed by atoms with Crippen molar-refractivity contribution in [2.45, 2.75) is 31.3 Å². The van der Waals surface area contributed by atoms with Gasteiger partial charge in [-0.05, 0) is 30.0 Å². The highest BCUT2D eigenvalue weighted by atomic mass is 32.1. The number of carbonyl (C=O) groups excluding carboxylic acids is 2. The highest BCUT2D eigenvalue weighted by Gasteiger charge is 2.48. The van der Waals surface area contributed by atoms with E-state index in [0.29, 0.717) is 12.8 Å². The van der Waals surface area contributed by atoms with Gasteiger partial charge in [0, 0.05) is 30.2 Å². The Morgan fingerprint density at radius 1 is 1.30 bits per heavy atom. The van der Waals surface area contributed by atoms with E-state index in [-0.39, 0.29) is 23.9 Å². The number of aromatic nitrogens is 1. The van der Waals surface area contributed by atoms with Crippen molar-refractivity contribution in [2.75, 3.05) is 11.4 Å². The first-order valence-corrected chi connectivity index (χ1v) is 8.72. The fraction of sp³-hybridized carbons (Fsp3) is 0.353. The molecule has 4 rings (SSSR count). The zero-order valence-electron chi connectivity index (χ0n) is 12.6. The van der Waals surface area contributed by atoms with Crippen molar-refractivity contribution in [2.24, 2.45) is 0 Å². The predicted octanol–water partition coefficient (Wildman–Crippen LogP) is 2.09. The fourth-order valence-electron chi connectivity index (χ4n) is 3.65. The van der Waals surface area contributed by atoms with Gasteiger partial charge < -0.3 is 9.80 Å². The first kappa shape index (κ1) is 14.4. The number of thiophene rings is 1. The molecule has 0 aromatic carbocycles. The molecule has 2 fully saturated rings. The molecule has 2 amide bonds. The Morgan fingerprint density at radius 2 is 2.22 bits per heavy atom. The zero-order chi connectivity index (χ0) is 15.8. The van der Waals surface area contributed by atoms with E-state index >= 15 is 0 Å². The number of pyridine rings is 1. The monoisotopic (exact) mass is 327 g/mol. The minimum atomic E-state index is -0.00128. The molecule has 0 N–H and O–H groups in total. The van der Waals surface area contributed by atoms with Gasteiger partial charge >= 0.3 is 0 Å². The van der Waals surface area contributed by atoms with Crippen molar-refractivity contribution in [3.8, 4) is 0 Å². The summed E-state index contributed by atoms with van der Waals surface area (Å²) in [6.07, 6.45) is 3.28. The molecule has 2 aromatic rings. The van der Waals surface area contributed by atoms with E-state index in [4.69, 9.17) is 0 Å². The zero-order valence-corrected chi connectivity index (χ0v) is 13.4. The summed E-state index contributed by atoms with van der Waals surface area (Å²) in [5.41, 5.74) is 1.74. The lowest BCUT2D eigenvalue weighted by Crippen LogP contribution is -2.40. The average molecular weight is 327 g/mol. The van der Waals surface area contributed by atoms with E-state index in [2.05, 4.69) is 4.98 Å². The number of nitrogens with zero attached hydrogens (tertiary/aromatic N) is 3. The molecular weight excluding hydrogens is 310 g/mol. The Labute approximate surface area is 138 Å². The van der Waals surface area contributed by atoms with Gasteiger partial charge in [0.05, 0.1) is 24.2 Å². The van der Waals surface area contributed by atoms with Gasteiger partial charge in [-0.3, -0.25) is 14.6 Å². The largest absolute Gasteiger partial charge is 0.337 e. The van der Waals surface area contributed by atoms with E-state index in [0.717, 1.165) is 24.3 Å². The third kappa shape index (κ3) is 2.53. The molecule has 2 aromatic heterocycles.